The van der Waals surface area contributed by atoms with Gasteiger partial charge in [0.25, 0.3) is 0 Å². The van der Waals surface area contributed by atoms with Crippen LogP contribution in [0.25, 0.3) is 0 Å². The highest BCUT2D eigenvalue weighted by Gasteiger charge is 2.12. The van der Waals surface area contributed by atoms with E-state index < -0.39 is 12.0 Å². The van der Waals surface area contributed by atoms with Crippen LogP contribution in [0.3, 0.4) is 0 Å². The van der Waals surface area contributed by atoms with Crippen molar-refractivity contribution in [2.45, 2.75) is 6.92 Å². The lowest BCUT2D eigenvalue weighted by Gasteiger charge is -2.13. The first-order valence-electron chi connectivity index (χ1n) is 4.15. The van der Waals surface area contributed by atoms with E-state index in [4.69, 9.17) is 5.11 Å². The quantitative estimate of drug-likeness (QED) is 0.810. The van der Waals surface area contributed by atoms with Gasteiger partial charge in [0.05, 0.1) is 5.69 Å². The molecule has 1 aromatic heterocycles. The molecule has 15 heavy (non-hydrogen) atoms. The molecule has 0 saturated heterocycles. The maximum Gasteiger partial charge on any atom is 0.323 e. The van der Waals surface area contributed by atoms with E-state index in [-0.39, 0.29) is 6.54 Å². The molecule has 7 heteroatoms. The number of carboxylic acids is 1. The number of aryl methyl sites for hydroxylation is 1. The van der Waals surface area contributed by atoms with Gasteiger partial charge in [0.15, 0.2) is 5.13 Å². The summed E-state index contributed by atoms with van der Waals surface area (Å²) >= 11 is 1.30. The van der Waals surface area contributed by atoms with Crippen molar-refractivity contribution < 1.29 is 14.7 Å². The summed E-state index contributed by atoms with van der Waals surface area (Å²) in [5, 5.41) is 13.2. The average molecular weight is 229 g/mol. The SMILES string of the molecule is Cc1csc(NC(=O)N(C)CC(=O)O)n1. The van der Waals surface area contributed by atoms with E-state index in [1.54, 1.807) is 5.38 Å². The normalized spacial score (nSPS) is 9.73. The van der Waals surface area contributed by atoms with Crippen LogP contribution in [0, 0.1) is 6.92 Å². The van der Waals surface area contributed by atoms with Gasteiger partial charge in [-0.2, -0.15) is 0 Å². The summed E-state index contributed by atoms with van der Waals surface area (Å²) in [5.41, 5.74) is 0.816. The Kier molecular flexibility index (Phi) is 3.62. The fourth-order valence-corrected chi connectivity index (χ4v) is 1.55. The summed E-state index contributed by atoms with van der Waals surface area (Å²) < 4.78 is 0. The molecule has 0 aliphatic carbocycles. The molecule has 0 saturated carbocycles. The number of anilines is 1. The van der Waals surface area contributed by atoms with Gasteiger partial charge in [-0.15, -0.1) is 11.3 Å². The Hall–Kier alpha value is -1.63. The number of aliphatic carboxylic acids is 1. The van der Waals surface area contributed by atoms with Crippen molar-refractivity contribution in [2.24, 2.45) is 0 Å². The second-order valence-corrected chi connectivity index (χ2v) is 3.83. The largest absolute Gasteiger partial charge is 0.480 e. The number of carbonyl (C=O) groups is 2. The zero-order valence-corrected chi connectivity index (χ0v) is 9.17. The number of nitrogens with one attached hydrogen (secondary N) is 1. The zero-order valence-electron chi connectivity index (χ0n) is 8.35. The summed E-state index contributed by atoms with van der Waals surface area (Å²) in [6.07, 6.45) is 0. The maximum atomic E-state index is 11.4. The first-order chi connectivity index (χ1) is 6.99. The summed E-state index contributed by atoms with van der Waals surface area (Å²) in [6, 6.07) is -0.480. The van der Waals surface area contributed by atoms with E-state index in [9.17, 15) is 9.59 Å². The first-order valence-corrected chi connectivity index (χ1v) is 5.03. The molecule has 1 heterocycles. The van der Waals surface area contributed by atoms with E-state index in [1.807, 2.05) is 6.92 Å². The second-order valence-electron chi connectivity index (χ2n) is 2.97. The maximum absolute atomic E-state index is 11.4. The van der Waals surface area contributed by atoms with Crippen LogP contribution in [-0.4, -0.2) is 40.6 Å². The number of hydrogen-bond acceptors (Lipinski definition) is 4. The molecule has 2 amide bonds. The number of rotatable bonds is 3. The minimum absolute atomic E-state index is 0.337. The Morgan fingerprint density at radius 2 is 2.33 bits per heavy atom. The van der Waals surface area contributed by atoms with Gasteiger partial charge in [-0.05, 0) is 6.92 Å². The van der Waals surface area contributed by atoms with E-state index >= 15 is 0 Å². The first kappa shape index (κ1) is 11.4. The molecule has 0 radical (unpaired) electrons. The summed E-state index contributed by atoms with van der Waals surface area (Å²) in [6.45, 7) is 1.48. The summed E-state index contributed by atoms with van der Waals surface area (Å²) in [5.74, 6) is -1.05. The van der Waals surface area contributed by atoms with Crippen LogP contribution in [0.4, 0.5) is 9.93 Å². The number of hydrogen-bond donors (Lipinski definition) is 2. The number of urea groups is 1. The van der Waals surface area contributed by atoms with Crippen LogP contribution < -0.4 is 5.32 Å². The van der Waals surface area contributed by atoms with Crippen LogP contribution in [0.15, 0.2) is 5.38 Å². The number of carbonyl (C=O) groups excluding carboxylic acids is 1. The van der Waals surface area contributed by atoms with E-state index in [1.165, 1.54) is 18.4 Å². The van der Waals surface area contributed by atoms with Crippen molar-refractivity contribution in [1.82, 2.24) is 9.88 Å². The minimum atomic E-state index is -1.05. The Bertz CT molecular complexity index is 377. The predicted molar refractivity (Wildman–Crippen MR) is 56.1 cm³/mol. The highest BCUT2D eigenvalue weighted by atomic mass is 32.1. The van der Waals surface area contributed by atoms with Crippen LogP contribution in [0.1, 0.15) is 5.69 Å². The number of carboxylic acid groups (broad SMARTS) is 1. The van der Waals surface area contributed by atoms with Gasteiger partial charge in [-0.1, -0.05) is 0 Å². The molecule has 6 nitrogen and oxygen atoms in total. The standard InChI is InChI=1S/C8H11N3O3S/c1-5-4-15-7(9-5)10-8(14)11(2)3-6(12)13/h4H,3H2,1-2H3,(H,12,13)(H,9,10,14). The molecular weight excluding hydrogens is 218 g/mol. The van der Waals surface area contributed by atoms with Gasteiger partial charge in [0.2, 0.25) is 0 Å². The monoisotopic (exact) mass is 229 g/mol. The Balaban J connectivity index is 2.52. The van der Waals surface area contributed by atoms with Crippen molar-refractivity contribution in [3.8, 4) is 0 Å². The third-order valence-corrected chi connectivity index (χ3v) is 2.43. The van der Waals surface area contributed by atoms with Gasteiger partial charge < -0.3 is 10.0 Å². The Labute approximate surface area is 90.5 Å². The number of thiazole rings is 1. The minimum Gasteiger partial charge on any atom is -0.480 e. The van der Waals surface area contributed by atoms with Crippen LogP contribution in [0.2, 0.25) is 0 Å². The molecule has 2 N–H and O–H groups in total. The lowest BCUT2D eigenvalue weighted by molar-refractivity contribution is -0.137. The Morgan fingerprint density at radius 1 is 1.67 bits per heavy atom. The zero-order chi connectivity index (χ0) is 11.4. The van der Waals surface area contributed by atoms with Crippen LogP contribution in [-0.2, 0) is 4.79 Å². The lowest BCUT2D eigenvalue weighted by Crippen LogP contribution is -2.35. The molecule has 82 valence electrons. The van der Waals surface area contributed by atoms with Gasteiger partial charge >= 0.3 is 12.0 Å². The molecule has 0 spiro atoms. The molecule has 0 unspecified atom stereocenters. The number of nitrogens with zero attached hydrogens (tertiary/aromatic N) is 2. The highest BCUT2D eigenvalue weighted by molar-refractivity contribution is 7.13. The molecule has 0 atom stereocenters. The highest BCUT2D eigenvalue weighted by Crippen LogP contribution is 2.14. The number of amides is 2. The van der Waals surface area contributed by atoms with Crippen LogP contribution in [0.5, 0.6) is 0 Å². The topological polar surface area (TPSA) is 82.5 Å². The summed E-state index contributed by atoms with van der Waals surface area (Å²) in [7, 11) is 1.41. The fraction of sp³-hybridized carbons (Fsp3) is 0.375. The van der Waals surface area contributed by atoms with Crippen molar-refractivity contribution in [3.63, 3.8) is 0 Å². The molecule has 0 aromatic carbocycles. The summed E-state index contributed by atoms with van der Waals surface area (Å²) in [4.78, 5) is 26.8. The molecule has 0 aliphatic rings. The number of likely N-dealkylation sites (N-methyl/N-ethyl adjacent to an activating group) is 1. The number of aromatic nitrogens is 1. The van der Waals surface area contributed by atoms with E-state index in [2.05, 4.69) is 10.3 Å². The smallest absolute Gasteiger partial charge is 0.323 e. The van der Waals surface area contributed by atoms with Crippen molar-refractivity contribution in [3.05, 3.63) is 11.1 Å². The third kappa shape index (κ3) is 3.55. The van der Waals surface area contributed by atoms with E-state index in [0.717, 1.165) is 10.6 Å². The fourth-order valence-electron chi connectivity index (χ4n) is 0.873. The average Bonchev–Trinajstić information content (AvgIpc) is 2.50. The van der Waals surface area contributed by atoms with Gasteiger partial charge in [-0.3, -0.25) is 10.1 Å². The molecule has 0 bridgehead atoms. The molecule has 0 aliphatic heterocycles. The van der Waals surface area contributed by atoms with Gasteiger partial charge in [0.1, 0.15) is 6.54 Å². The Morgan fingerprint density at radius 3 is 2.80 bits per heavy atom. The third-order valence-electron chi connectivity index (χ3n) is 1.55. The second kappa shape index (κ2) is 4.74. The molecule has 1 aromatic rings. The van der Waals surface area contributed by atoms with Crippen LogP contribution >= 0.6 is 11.3 Å². The lowest BCUT2D eigenvalue weighted by atomic mass is 10.6. The van der Waals surface area contributed by atoms with E-state index in [0.29, 0.717) is 5.13 Å². The van der Waals surface area contributed by atoms with Crippen molar-refractivity contribution in [2.75, 3.05) is 18.9 Å². The van der Waals surface area contributed by atoms with Gasteiger partial charge in [0, 0.05) is 12.4 Å². The predicted octanol–water partition coefficient (Wildman–Crippen LogP) is 1.000. The molecule has 0 fully saturated rings. The van der Waals surface area contributed by atoms with Crippen molar-refractivity contribution in [1.29, 1.82) is 0 Å². The molecule has 1 rings (SSSR count). The van der Waals surface area contributed by atoms with Gasteiger partial charge in [-0.25, -0.2) is 9.78 Å². The van der Waals surface area contributed by atoms with Crippen molar-refractivity contribution >= 4 is 28.5 Å². The molecular formula is C8H11N3O3S.